The van der Waals surface area contributed by atoms with Gasteiger partial charge in [-0.1, -0.05) is 91.0 Å². The van der Waals surface area contributed by atoms with Crippen LogP contribution >= 0.6 is 0 Å². The first-order valence-electron chi connectivity index (χ1n) is 12.1. The highest BCUT2D eigenvalue weighted by molar-refractivity contribution is 6.10. The lowest BCUT2D eigenvalue weighted by Crippen LogP contribution is -2.21. The summed E-state index contributed by atoms with van der Waals surface area (Å²) in [5, 5.41) is 14.8. The average Bonchev–Trinajstić information content (AvgIpc) is 3.29. The van der Waals surface area contributed by atoms with E-state index in [0.717, 1.165) is 15.7 Å². The molecular formula is C30H23N3O6. The summed E-state index contributed by atoms with van der Waals surface area (Å²) in [6.45, 7) is -0.0235. The maximum absolute atomic E-state index is 13.5. The van der Waals surface area contributed by atoms with E-state index in [2.05, 4.69) is 5.32 Å². The number of ether oxygens (including phenoxy) is 2. The number of nitrogens with zero attached hydrogens (tertiary/aromatic N) is 2. The zero-order chi connectivity index (χ0) is 27.2. The molecule has 0 unspecified atom stereocenters. The van der Waals surface area contributed by atoms with E-state index in [0.29, 0.717) is 16.5 Å². The number of carbonyl (C=O) groups excluding carboxylic acids is 2. The van der Waals surface area contributed by atoms with E-state index in [1.807, 2.05) is 78.9 Å². The summed E-state index contributed by atoms with van der Waals surface area (Å²) in [7, 11) is 0. The topological polar surface area (TPSA) is 113 Å². The van der Waals surface area contributed by atoms with Gasteiger partial charge in [-0.2, -0.15) is 0 Å². The number of nitrogens with one attached hydrogen (secondary N) is 1. The fourth-order valence-electron chi connectivity index (χ4n) is 4.23. The summed E-state index contributed by atoms with van der Waals surface area (Å²) in [5.41, 5.74) is 2.72. The second-order valence-electron chi connectivity index (χ2n) is 8.61. The number of nitro groups is 1. The van der Waals surface area contributed by atoms with Crippen LogP contribution in [-0.4, -0.2) is 21.7 Å². The SMILES string of the molecule is O=C(Nc1c(-c2ccccc2)c2ccc([N+](=O)[O-])cc2n1C(=O)OCc1ccccc1)OCc1ccccc1. The Balaban J connectivity index is 1.59. The van der Waals surface area contributed by atoms with Gasteiger partial charge in [-0.25, -0.2) is 14.2 Å². The molecule has 0 atom stereocenters. The van der Waals surface area contributed by atoms with Crippen LogP contribution in [-0.2, 0) is 22.7 Å². The predicted octanol–water partition coefficient (Wildman–Crippen LogP) is 7.15. The number of carbonyl (C=O) groups is 2. The molecule has 1 amide bonds. The Morgan fingerprint density at radius 3 is 1.92 bits per heavy atom. The summed E-state index contributed by atoms with van der Waals surface area (Å²) < 4.78 is 12.1. The largest absolute Gasteiger partial charge is 0.444 e. The van der Waals surface area contributed by atoms with Crippen LogP contribution in [0.25, 0.3) is 22.0 Å². The summed E-state index contributed by atoms with van der Waals surface area (Å²) in [6, 6.07) is 31.5. The van der Waals surface area contributed by atoms with Gasteiger partial charge >= 0.3 is 12.2 Å². The molecule has 0 fully saturated rings. The summed E-state index contributed by atoms with van der Waals surface area (Å²) >= 11 is 0. The van der Waals surface area contributed by atoms with Gasteiger partial charge in [-0.05, 0) is 22.8 Å². The van der Waals surface area contributed by atoms with E-state index < -0.39 is 17.1 Å². The van der Waals surface area contributed by atoms with Crippen LogP contribution in [0.1, 0.15) is 11.1 Å². The maximum atomic E-state index is 13.5. The van der Waals surface area contributed by atoms with Gasteiger partial charge in [0, 0.05) is 23.1 Å². The number of amides is 1. The van der Waals surface area contributed by atoms with Crippen molar-refractivity contribution in [2.75, 3.05) is 5.32 Å². The number of hydrogen-bond acceptors (Lipinski definition) is 6. The van der Waals surface area contributed by atoms with Crippen molar-refractivity contribution in [3.8, 4) is 11.1 Å². The first-order chi connectivity index (χ1) is 19.0. The lowest BCUT2D eigenvalue weighted by Gasteiger charge is -2.13. The molecule has 4 aromatic carbocycles. The second-order valence-corrected chi connectivity index (χ2v) is 8.61. The molecule has 9 nitrogen and oxygen atoms in total. The average molecular weight is 522 g/mol. The molecule has 0 radical (unpaired) electrons. The van der Waals surface area contributed by atoms with E-state index in [4.69, 9.17) is 9.47 Å². The van der Waals surface area contributed by atoms with E-state index in [1.54, 1.807) is 18.2 Å². The molecule has 5 aromatic rings. The molecule has 39 heavy (non-hydrogen) atoms. The van der Waals surface area contributed by atoms with Gasteiger partial charge in [0.15, 0.2) is 0 Å². The third-order valence-electron chi connectivity index (χ3n) is 6.05. The predicted molar refractivity (Wildman–Crippen MR) is 146 cm³/mol. The standard InChI is InChI=1S/C30H23N3O6/c34-29(38-19-21-10-4-1-5-11-21)31-28-27(23-14-8-3-9-15-23)25-17-16-24(33(36)37)18-26(25)32(28)30(35)39-20-22-12-6-2-7-13-22/h1-18H,19-20H2,(H,31,34). The molecule has 0 spiro atoms. The Morgan fingerprint density at radius 1 is 0.769 bits per heavy atom. The van der Waals surface area contributed by atoms with Gasteiger partial charge in [0.25, 0.3) is 5.69 Å². The van der Waals surface area contributed by atoms with Crippen LogP contribution in [0, 0.1) is 10.1 Å². The maximum Gasteiger partial charge on any atom is 0.420 e. The number of fused-ring (bicyclic) bond motifs is 1. The zero-order valence-corrected chi connectivity index (χ0v) is 20.7. The van der Waals surface area contributed by atoms with Crippen LogP contribution in [0.4, 0.5) is 21.1 Å². The molecule has 1 aromatic heterocycles. The molecule has 5 rings (SSSR count). The fourth-order valence-corrected chi connectivity index (χ4v) is 4.23. The zero-order valence-electron chi connectivity index (χ0n) is 20.7. The molecule has 1 N–H and O–H groups in total. The number of rotatable bonds is 7. The van der Waals surface area contributed by atoms with Crippen molar-refractivity contribution >= 4 is 34.6 Å². The highest BCUT2D eigenvalue weighted by Gasteiger charge is 2.27. The highest BCUT2D eigenvalue weighted by Crippen LogP contribution is 2.40. The first kappa shape index (κ1) is 25.2. The fraction of sp³-hybridized carbons (Fsp3) is 0.0667. The minimum Gasteiger partial charge on any atom is -0.444 e. The lowest BCUT2D eigenvalue weighted by atomic mass is 10.0. The van der Waals surface area contributed by atoms with Gasteiger partial charge in [-0.3, -0.25) is 15.4 Å². The molecule has 0 aliphatic rings. The number of nitro benzene ring substituents is 1. The van der Waals surface area contributed by atoms with E-state index in [-0.39, 0.29) is 30.2 Å². The van der Waals surface area contributed by atoms with E-state index >= 15 is 0 Å². The molecular weight excluding hydrogens is 498 g/mol. The van der Waals surface area contributed by atoms with Crippen molar-refractivity contribution in [2.24, 2.45) is 0 Å². The number of hydrogen-bond donors (Lipinski definition) is 1. The summed E-state index contributed by atoms with van der Waals surface area (Å²) in [5.74, 6) is 0.0767. The molecule has 194 valence electrons. The second kappa shape index (κ2) is 11.3. The minimum absolute atomic E-state index is 0.0114. The normalized spacial score (nSPS) is 10.7. The molecule has 0 aliphatic heterocycles. The quantitative estimate of drug-likeness (QED) is 0.180. The van der Waals surface area contributed by atoms with Crippen LogP contribution in [0.3, 0.4) is 0 Å². The van der Waals surface area contributed by atoms with Crippen LogP contribution < -0.4 is 5.32 Å². The van der Waals surface area contributed by atoms with Crippen molar-refractivity contribution < 1.29 is 24.0 Å². The number of aromatic nitrogens is 1. The van der Waals surface area contributed by atoms with Crippen LogP contribution in [0.15, 0.2) is 109 Å². The molecule has 0 aliphatic carbocycles. The third kappa shape index (κ3) is 5.62. The minimum atomic E-state index is -0.815. The summed E-state index contributed by atoms with van der Waals surface area (Å²) in [4.78, 5) is 37.5. The van der Waals surface area contributed by atoms with E-state index in [9.17, 15) is 19.7 Å². The monoisotopic (exact) mass is 521 g/mol. The van der Waals surface area contributed by atoms with Gasteiger partial charge in [0.2, 0.25) is 0 Å². The Bertz CT molecular complexity index is 1630. The number of anilines is 1. The van der Waals surface area contributed by atoms with Crippen molar-refractivity contribution in [2.45, 2.75) is 13.2 Å². The Kier molecular flexibility index (Phi) is 7.31. The molecule has 0 saturated heterocycles. The third-order valence-corrected chi connectivity index (χ3v) is 6.05. The van der Waals surface area contributed by atoms with Gasteiger partial charge in [-0.15, -0.1) is 0 Å². The van der Waals surface area contributed by atoms with Crippen molar-refractivity contribution in [1.29, 1.82) is 0 Å². The molecule has 0 saturated carbocycles. The van der Waals surface area contributed by atoms with Gasteiger partial charge in [0.1, 0.15) is 19.0 Å². The van der Waals surface area contributed by atoms with E-state index in [1.165, 1.54) is 12.1 Å². The molecule has 9 heteroatoms. The van der Waals surface area contributed by atoms with Crippen molar-refractivity contribution in [1.82, 2.24) is 4.57 Å². The van der Waals surface area contributed by atoms with Gasteiger partial charge in [0.05, 0.1) is 10.4 Å². The number of benzene rings is 4. The van der Waals surface area contributed by atoms with Crippen LogP contribution in [0.5, 0.6) is 0 Å². The first-order valence-corrected chi connectivity index (χ1v) is 12.1. The smallest absolute Gasteiger partial charge is 0.420 e. The van der Waals surface area contributed by atoms with Crippen molar-refractivity contribution in [3.05, 3.63) is 130 Å². The Hall–Kier alpha value is -5.44. The molecule has 0 bridgehead atoms. The molecule has 1 heterocycles. The number of non-ortho nitro benzene ring substituents is 1. The Labute approximate surface area is 223 Å². The Morgan fingerprint density at radius 2 is 1.33 bits per heavy atom. The van der Waals surface area contributed by atoms with Gasteiger partial charge < -0.3 is 9.47 Å². The van der Waals surface area contributed by atoms with Crippen LogP contribution in [0.2, 0.25) is 0 Å². The van der Waals surface area contributed by atoms with Crippen molar-refractivity contribution in [3.63, 3.8) is 0 Å². The lowest BCUT2D eigenvalue weighted by molar-refractivity contribution is -0.384. The highest BCUT2D eigenvalue weighted by atomic mass is 16.6. The summed E-state index contributed by atoms with van der Waals surface area (Å²) in [6.07, 6.45) is -1.62.